The van der Waals surface area contributed by atoms with Gasteiger partial charge in [0.05, 0.1) is 0 Å². The van der Waals surface area contributed by atoms with Gasteiger partial charge in [0.2, 0.25) is 0 Å². The van der Waals surface area contributed by atoms with Crippen LogP contribution in [0.4, 0.5) is 26.3 Å². The minimum atomic E-state index is -6.44. The first-order chi connectivity index (χ1) is 11.5. The largest absolute Gasteiger partial charge is 0.507 e. The van der Waals surface area contributed by atoms with E-state index in [1.165, 1.54) is 6.07 Å². The number of alkyl halides is 6. The molecule has 14 heteroatoms. The third-order valence-corrected chi connectivity index (χ3v) is 4.03. The van der Waals surface area contributed by atoms with Gasteiger partial charge in [-0.1, -0.05) is 17.9 Å². The highest BCUT2D eigenvalue weighted by molar-refractivity contribution is 7.85. The summed E-state index contributed by atoms with van der Waals surface area (Å²) in [5, 5.41) is 9.50. The van der Waals surface area contributed by atoms with Crippen LogP contribution in [0.5, 0.6) is 5.75 Å². The van der Waals surface area contributed by atoms with E-state index in [0.717, 1.165) is 12.1 Å². The second kappa shape index (κ2) is 6.98. The van der Waals surface area contributed by atoms with Crippen molar-refractivity contribution >= 4 is 23.9 Å². The Balaban J connectivity index is 3.53. The van der Waals surface area contributed by atoms with E-state index in [1.54, 1.807) is 7.85 Å². The number of phenols is 1. The second-order valence-corrected chi connectivity index (χ2v) is 6.60. The number of hydrogen-bond donors (Lipinski definition) is 2. The molecule has 1 rings (SSSR count). The lowest BCUT2D eigenvalue weighted by Crippen LogP contribution is -2.63. The summed E-state index contributed by atoms with van der Waals surface area (Å²) in [7, 11) is -4.33. The smallest absolute Gasteiger partial charge is 0.438 e. The molecular weight excluding hydrogens is 397 g/mol. The molecule has 0 bridgehead atoms. The number of halogens is 6. The van der Waals surface area contributed by atoms with Crippen molar-refractivity contribution in [1.82, 2.24) is 0 Å². The highest BCUT2D eigenvalue weighted by Crippen LogP contribution is 2.47. The molecule has 0 aliphatic carbocycles. The summed E-state index contributed by atoms with van der Waals surface area (Å²) < 4.78 is 112. The minimum Gasteiger partial charge on any atom is -0.507 e. The molecule has 0 aliphatic rings. The molecule has 0 heterocycles. The number of benzene rings is 1. The summed E-state index contributed by atoms with van der Waals surface area (Å²) >= 11 is 0. The third kappa shape index (κ3) is 4.61. The molecular formula is C12H11BF6O6S. The molecule has 0 amide bonds. The number of rotatable bonds is 5. The summed E-state index contributed by atoms with van der Waals surface area (Å²) in [6.07, 6.45) is -12.7. The molecule has 0 spiro atoms. The van der Waals surface area contributed by atoms with Crippen molar-refractivity contribution < 1.29 is 54.0 Å². The first-order valence-corrected chi connectivity index (χ1v) is 8.29. The molecule has 0 saturated heterocycles. The zero-order chi connectivity index (χ0) is 20.6. The predicted molar refractivity (Wildman–Crippen MR) is 77.0 cm³/mol. The Morgan fingerprint density at radius 3 is 2.00 bits per heavy atom. The van der Waals surface area contributed by atoms with Crippen molar-refractivity contribution in [1.29, 1.82) is 0 Å². The number of hydrogen-bond acceptors (Lipinski definition) is 5. The van der Waals surface area contributed by atoms with E-state index in [0.29, 0.717) is 0 Å². The van der Waals surface area contributed by atoms with E-state index in [2.05, 4.69) is 4.74 Å². The zero-order valence-corrected chi connectivity index (χ0v) is 13.7. The zero-order valence-electron chi connectivity index (χ0n) is 12.8. The monoisotopic (exact) mass is 408 g/mol. The fraction of sp³-hybridized carbons (Fsp3) is 0.417. The average Bonchev–Trinajstić information content (AvgIpc) is 2.43. The van der Waals surface area contributed by atoms with E-state index in [1.807, 2.05) is 0 Å². The van der Waals surface area contributed by atoms with Crippen molar-refractivity contribution in [3.63, 3.8) is 0 Å². The lowest BCUT2D eigenvalue weighted by molar-refractivity contribution is -0.356. The average molecular weight is 408 g/mol. The topological polar surface area (TPSA) is 101 Å². The van der Waals surface area contributed by atoms with Gasteiger partial charge in [-0.2, -0.15) is 34.8 Å². The molecule has 1 aromatic rings. The Kier molecular flexibility index (Phi) is 5.93. The van der Waals surface area contributed by atoms with Gasteiger partial charge >= 0.3 is 23.9 Å². The van der Waals surface area contributed by atoms with E-state index in [4.69, 9.17) is 4.55 Å². The number of aromatic hydroxyl groups is 1. The maximum Gasteiger partial charge on any atom is 0.438 e. The van der Waals surface area contributed by atoms with Gasteiger partial charge in [-0.25, -0.2) is 4.79 Å². The third-order valence-electron chi connectivity index (χ3n) is 3.26. The molecule has 0 fully saturated rings. The number of ether oxygens (including phenoxy) is 1. The van der Waals surface area contributed by atoms with Crippen LogP contribution < -0.4 is 0 Å². The molecule has 26 heavy (non-hydrogen) atoms. The molecule has 1 aromatic carbocycles. The quantitative estimate of drug-likeness (QED) is 0.331. The Hall–Kier alpha value is -1.96. The van der Waals surface area contributed by atoms with Gasteiger partial charge in [0.1, 0.15) is 24.9 Å². The summed E-state index contributed by atoms with van der Waals surface area (Å²) in [4.78, 5) is 11.9. The minimum absolute atomic E-state index is 0.218. The van der Waals surface area contributed by atoms with Gasteiger partial charge in [-0.15, -0.1) is 0 Å². The fourth-order valence-corrected chi connectivity index (χ4v) is 2.81. The number of esters is 1. The van der Waals surface area contributed by atoms with Crippen molar-refractivity contribution in [3.05, 3.63) is 29.3 Å². The van der Waals surface area contributed by atoms with Gasteiger partial charge in [0.25, 0.3) is 10.1 Å². The summed E-state index contributed by atoms with van der Waals surface area (Å²) in [6.45, 7) is 0. The van der Waals surface area contributed by atoms with Crippen LogP contribution in [0.3, 0.4) is 0 Å². The van der Waals surface area contributed by atoms with Crippen LogP contribution in [0.1, 0.15) is 15.9 Å². The maximum atomic E-state index is 13.1. The molecule has 146 valence electrons. The van der Waals surface area contributed by atoms with Crippen LogP contribution in [0.2, 0.25) is 0 Å². The van der Waals surface area contributed by atoms with Crippen molar-refractivity contribution in [3.8, 4) is 5.75 Å². The Morgan fingerprint density at radius 1 is 1.12 bits per heavy atom. The summed E-state index contributed by atoms with van der Waals surface area (Å²) in [5.74, 6) is -6.24. The fourth-order valence-electron chi connectivity index (χ4n) is 1.91. The van der Waals surface area contributed by atoms with Crippen molar-refractivity contribution in [2.75, 3.05) is 5.75 Å². The maximum absolute atomic E-state index is 13.1. The molecule has 0 radical (unpaired) electrons. The molecule has 6 nitrogen and oxygen atoms in total. The molecule has 0 saturated carbocycles. The summed E-state index contributed by atoms with van der Waals surface area (Å²) in [6, 6.07) is 2.90. The van der Waals surface area contributed by atoms with E-state index >= 15 is 0 Å². The van der Waals surface area contributed by atoms with Crippen LogP contribution in [-0.2, 0) is 21.2 Å². The lowest BCUT2D eigenvalue weighted by atomic mass is 9.95. The highest BCUT2D eigenvalue weighted by atomic mass is 32.2. The van der Waals surface area contributed by atoms with E-state index < -0.39 is 51.1 Å². The Bertz CT molecular complexity index is 774. The Labute approximate surface area is 143 Å². The van der Waals surface area contributed by atoms with Crippen LogP contribution in [-0.4, -0.2) is 55.6 Å². The molecule has 2 N–H and O–H groups in total. The van der Waals surface area contributed by atoms with Gasteiger partial charge in [-0.3, -0.25) is 4.55 Å². The van der Waals surface area contributed by atoms with E-state index in [-0.39, 0.29) is 11.9 Å². The van der Waals surface area contributed by atoms with E-state index in [9.17, 15) is 44.7 Å². The lowest BCUT2D eigenvalue weighted by Gasteiger charge is -2.35. The first kappa shape index (κ1) is 22.1. The predicted octanol–water partition coefficient (Wildman–Crippen LogP) is 1.43. The molecule has 0 atom stereocenters. The van der Waals surface area contributed by atoms with Gasteiger partial charge < -0.3 is 9.84 Å². The van der Waals surface area contributed by atoms with Crippen LogP contribution in [0, 0.1) is 0 Å². The summed E-state index contributed by atoms with van der Waals surface area (Å²) in [5.41, 5.74) is -6.29. The number of phenolic OH excluding ortho intramolecular Hbond substituents is 1. The van der Waals surface area contributed by atoms with Gasteiger partial charge in [-0.05, 0) is 12.1 Å². The van der Waals surface area contributed by atoms with Crippen molar-refractivity contribution in [2.45, 2.75) is 24.3 Å². The van der Waals surface area contributed by atoms with Crippen LogP contribution >= 0.6 is 0 Å². The van der Waals surface area contributed by atoms with Gasteiger partial charge in [0, 0.05) is 0 Å². The Morgan fingerprint density at radius 2 is 1.62 bits per heavy atom. The molecule has 0 unspecified atom stereocenters. The SMILES string of the molecule is BCc1ccc(O)c(C(=O)OC(CS(=O)(=O)O)(C(F)(F)F)C(F)(F)F)c1. The number of carbonyl (C=O) groups excluding carboxylic acids is 1. The standard InChI is InChI=1S/C12H11BF6O6S/c13-4-6-1-2-8(20)7(3-6)9(21)25-10(11(14,15)16,12(17,18)19)5-26(22,23)24/h1-3,20H,4-5,13H2,(H,22,23,24). The highest BCUT2D eigenvalue weighted by Gasteiger charge is 2.76. The second-order valence-electron chi connectivity index (χ2n) is 5.14. The first-order valence-electron chi connectivity index (χ1n) is 6.68. The number of carbonyl (C=O) groups is 1. The van der Waals surface area contributed by atoms with Crippen LogP contribution in [0.25, 0.3) is 0 Å². The van der Waals surface area contributed by atoms with Gasteiger partial charge in [0.15, 0.2) is 0 Å². The molecule has 0 aromatic heterocycles. The van der Waals surface area contributed by atoms with Crippen LogP contribution in [0.15, 0.2) is 18.2 Å². The molecule has 0 aliphatic heterocycles. The normalized spacial score (nSPS) is 13.5. The van der Waals surface area contributed by atoms with Crippen molar-refractivity contribution in [2.24, 2.45) is 0 Å².